The summed E-state index contributed by atoms with van der Waals surface area (Å²) >= 11 is 0. The molecule has 3 aromatic rings. The molecule has 0 saturated carbocycles. The third-order valence-corrected chi connectivity index (χ3v) is 9.20. The lowest BCUT2D eigenvalue weighted by atomic mass is 9.94. The number of oxazole rings is 1. The normalized spacial score (nSPS) is 18.5. The van der Waals surface area contributed by atoms with Gasteiger partial charge in [0.05, 0.1) is 16.6 Å². The van der Waals surface area contributed by atoms with Crippen molar-refractivity contribution in [2.45, 2.75) is 71.3 Å². The summed E-state index contributed by atoms with van der Waals surface area (Å²) in [4.78, 5) is 16.2. The standard InChI is InChI=1S/C30H41N5O3S/c1-4-5-23-20-31-29(32-21-23)34-13-8-22(9-14-34)18-28-33-26-7-6-25(19-27(26)38-28)24-10-15-35(16-11-24)39(37)17-12-30(2,3)36/h6-7,10,19-22,36H,4-5,8-9,11-18H2,1-3H3. The first kappa shape index (κ1) is 27.9. The molecule has 5 rings (SSSR count). The number of aryl methyl sites for hydroxylation is 1. The minimum absolute atomic E-state index is 0.485. The fourth-order valence-corrected chi connectivity index (χ4v) is 6.80. The summed E-state index contributed by atoms with van der Waals surface area (Å²) in [5.41, 5.74) is 4.54. The summed E-state index contributed by atoms with van der Waals surface area (Å²) in [5, 5.41) is 9.93. The van der Waals surface area contributed by atoms with Crippen LogP contribution in [0.3, 0.4) is 0 Å². The quantitative estimate of drug-likeness (QED) is 0.381. The van der Waals surface area contributed by atoms with Gasteiger partial charge in [0.1, 0.15) is 5.52 Å². The zero-order chi connectivity index (χ0) is 27.4. The second-order valence-electron chi connectivity index (χ2n) is 11.5. The van der Waals surface area contributed by atoms with Crippen molar-refractivity contribution in [2.24, 2.45) is 5.92 Å². The van der Waals surface area contributed by atoms with Crippen LogP contribution < -0.4 is 4.90 Å². The van der Waals surface area contributed by atoms with Crippen molar-refractivity contribution in [1.82, 2.24) is 19.3 Å². The van der Waals surface area contributed by atoms with E-state index in [0.29, 0.717) is 24.6 Å². The van der Waals surface area contributed by atoms with Crippen molar-refractivity contribution in [3.8, 4) is 0 Å². The van der Waals surface area contributed by atoms with Gasteiger partial charge in [0.25, 0.3) is 0 Å². The molecule has 0 amide bonds. The van der Waals surface area contributed by atoms with Crippen LogP contribution >= 0.6 is 0 Å². The number of hydrogen-bond donors (Lipinski definition) is 1. The van der Waals surface area contributed by atoms with E-state index in [2.05, 4.69) is 46.1 Å². The van der Waals surface area contributed by atoms with Crippen LogP contribution in [0.5, 0.6) is 0 Å². The molecule has 2 aliphatic heterocycles. The SMILES string of the molecule is CCCc1cnc(N2CCC(Cc3nc4ccc(C5=CCN(S(=O)CCC(C)(C)O)CC5)cc4o3)CC2)nc1. The molecule has 0 spiro atoms. The zero-order valence-corrected chi connectivity index (χ0v) is 24.3. The molecule has 1 fully saturated rings. The molecule has 0 bridgehead atoms. The van der Waals surface area contributed by atoms with Gasteiger partial charge in [-0.15, -0.1) is 0 Å². The first-order valence-electron chi connectivity index (χ1n) is 14.3. The highest BCUT2D eigenvalue weighted by Crippen LogP contribution is 2.29. The molecule has 9 heteroatoms. The maximum absolute atomic E-state index is 12.6. The van der Waals surface area contributed by atoms with Crippen LogP contribution in [0.25, 0.3) is 16.7 Å². The van der Waals surface area contributed by atoms with E-state index in [1.165, 1.54) is 11.1 Å². The Morgan fingerprint density at radius 1 is 1.15 bits per heavy atom. The van der Waals surface area contributed by atoms with E-state index in [0.717, 1.165) is 86.7 Å². The van der Waals surface area contributed by atoms with Crippen LogP contribution in [-0.4, -0.2) is 66.1 Å². The smallest absolute Gasteiger partial charge is 0.225 e. The number of hydrogen-bond acceptors (Lipinski definition) is 7. The van der Waals surface area contributed by atoms with Crippen molar-refractivity contribution >= 4 is 33.6 Å². The monoisotopic (exact) mass is 551 g/mol. The lowest BCUT2D eigenvalue weighted by molar-refractivity contribution is 0.0772. The van der Waals surface area contributed by atoms with Crippen LogP contribution in [0, 0.1) is 5.92 Å². The van der Waals surface area contributed by atoms with Crippen molar-refractivity contribution in [3.05, 3.63) is 53.7 Å². The van der Waals surface area contributed by atoms with Gasteiger partial charge < -0.3 is 14.4 Å². The van der Waals surface area contributed by atoms with Crippen molar-refractivity contribution < 1.29 is 13.7 Å². The second-order valence-corrected chi connectivity index (χ2v) is 13.1. The van der Waals surface area contributed by atoms with Gasteiger partial charge in [0.2, 0.25) is 5.95 Å². The molecule has 0 radical (unpaired) electrons. The van der Waals surface area contributed by atoms with E-state index >= 15 is 0 Å². The molecule has 0 aliphatic carbocycles. The fraction of sp³-hybridized carbons (Fsp3) is 0.567. The van der Waals surface area contributed by atoms with E-state index in [9.17, 15) is 9.32 Å². The number of piperidine rings is 1. The summed E-state index contributed by atoms with van der Waals surface area (Å²) in [5.74, 6) is 2.67. The summed E-state index contributed by atoms with van der Waals surface area (Å²) in [6.07, 6.45) is 12.6. The van der Waals surface area contributed by atoms with Crippen molar-refractivity contribution in [1.29, 1.82) is 0 Å². The highest BCUT2D eigenvalue weighted by Gasteiger charge is 2.24. The predicted molar refractivity (Wildman–Crippen MR) is 157 cm³/mol. The van der Waals surface area contributed by atoms with Crippen LogP contribution in [0.1, 0.15) is 69.9 Å². The Bertz CT molecular complexity index is 1310. The molecule has 8 nitrogen and oxygen atoms in total. The van der Waals surface area contributed by atoms with Gasteiger partial charge in [-0.1, -0.05) is 25.5 Å². The Kier molecular flexibility index (Phi) is 8.79. The van der Waals surface area contributed by atoms with Gasteiger partial charge in [0.15, 0.2) is 11.5 Å². The molecule has 1 saturated heterocycles. The average Bonchev–Trinajstić information content (AvgIpc) is 3.34. The number of anilines is 1. The molecule has 210 valence electrons. The fourth-order valence-electron chi connectivity index (χ4n) is 5.34. The van der Waals surface area contributed by atoms with Gasteiger partial charge in [-0.2, -0.15) is 0 Å². The van der Waals surface area contributed by atoms with Gasteiger partial charge in [-0.05, 0) is 80.7 Å². The van der Waals surface area contributed by atoms with E-state index in [1.54, 1.807) is 13.8 Å². The molecule has 4 heterocycles. The number of nitrogens with zero attached hydrogens (tertiary/aromatic N) is 5. The minimum atomic E-state index is -1.07. The third kappa shape index (κ3) is 7.32. The Morgan fingerprint density at radius 3 is 2.59 bits per heavy atom. The van der Waals surface area contributed by atoms with Gasteiger partial charge in [-0.25, -0.2) is 23.5 Å². The maximum Gasteiger partial charge on any atom is 0.225 e. The Balaban J connectivity index is 1.15. The van der Waals surface area contributed by atoms with Gasteiger partial charge >= 0.3 is 0 Å². The van der Waals surface area contributed by atoms with Gasteiger partial charge in [-0.3, -0.25) is 0 Å². The average molecular weight is 552 g/mol. The van der Waals surface area contributed by atoms with Crippen LogP contribution in [0.4, 0.5) is 5.95 Å². The zero-order valence-electron chi connectivity index (χ0n) is 23.4. The highest BCUT2D eigenvalue weighted by molar-refractivity contribution is 7.82. The lowest BCUT2D eigenvalue weighted by Gasteiger charge is -2.31. The van der Waals surface area contributed by atoms with E-state index in [-0.39, 0.29) is 0 Å². The summed E-state index contributed by atoms with van der Waals surface area (Å²) in [6.45, 7) is 9.00. The highest BCUT2D eigenvalue weighted by atomic mass is 32.2. The number of aliphatic hydroxyl groups is 1. The Labute approximate surface area is 234 Å². The van der Waals surface area contributed by atoms with E-state index in [1.807, 2.05) is 16.7 Å². The number of aromatic nitrogens is 3. The minimum Gasteiger partial charge on any atom is -0.441 e. The maximum atomic E-state index is 12.6. The molecule has 39 heavy (non-hydrogen) atoms. The van der Waals surface area contributed by atoms with Crippen LogP contribution in [0.2, 0.25) is 0 Å². The topological polar surface area (TPSA) is 95.6 Å². The van der Waals surface area contributed by atoms with Crippen molar-refractivity contribution in [3.63, 3.8) is 0 Å². The van der Waals surface area contributed by atoms with Crippen LogP contribution in [0.15, 0.2) is 41.1 Å². The molecule has 2 aliphatic rings. The summed E-state index contributed by atoms with van der Waals surface area (Å²) < 4.78 is 20.8. The second kappa shape index (κ2) is 12.3. The number of benzene rings is 1. The molecular formula is C30H41N5O3S. The Hall–Kier alpha value is -2.62. The third-order valence-electron chi connectivity index (χ3n) is 7.74. The predicted octanol–water partition coefficient (Wildman–Crippen LogP) is 4.94. The van der Waals surface area contributed by atoms with Gasteiger partial charge in [0, 0.05) is 50.7 Å². The largest absolute Gasteiger partial charge is 0.441 e. The Morgan fingerprint density at radius 2 is 1.92 bits per heavy atom. The number of rotatable bonds is 10. The molecule has 1 aromatic carbocycles. The number of fused-ring (bicyclic) bond motifs is 1. The van der Waals surface area contributed by atoms with E-state index < -0.39 is 16.6 Å². The van der Waals surface area contributed by atoms with E-state index in [4.69, 9.17) is 9.40 Å². The summed E-state index contributed by atoms with van der Waals surface area (Å²) in [7, 11) is -1.07. The molecule has 1 atom stereocenters. The molecule has 2 aromatic heterocycles. The lowest BCUT2D eigenvalue weighted by Crippen LogP contribution is -2.35. The summed E-state index contributed by atoms with van der Waals surface area (Å²) in [6, 6.07) is 6.26. The first-order valence-corrected chi connectivity index (χ1v) is 15.6. The molecule has 1 N–H and O–H groups in total. The molecule has 1 unspecified atom stereocenters. The molecular weight excluding hydrogens is 510 g/mol. The van der Waals surface area contributed by atoms with Crippen molar-refractivity contribution in [2.75, 3.05) is 36.8 Å². The van der Waals surface area contributed by atoms with Crippen LogP contribution in [-0.2, 0) is 23.8 Å². The first-order chi connectivity index (χ1) is 18.8.